The lowest BCUT2D eigenvalue weighted by Gasteiger charge is -2.30. The fourth-order valence-electron chi connectivity index (χ4n) is 5.26. The predicted octanol–water partition coefficient (Wildman–Crippen LogP) is 7.72. The second-order valence-corrected chi connectivity index (χ2v) is 8.50. The molecule has 3 rings (SSSR count). The summed E-state index contributed by atoms with van der Waals surface area (Å²) in [6.07, 6.45) is 12.4. The summed E-state index contributed by atoms with van der Waals surface area (Å²) in [5.74, 6) is 0.908. The van der Waals surface area contributed by atoms with Gasteiger partial charge in [0.1, 0.15) is 0 Å². The molecule has 0 nitrogen and oxygen atoms in total. The van der Waals surface area contributed by atoms with Crippen LogP contribution in [-0.4, -0.2) is 0 Å². The molecule has 0 spiro atoms. The van der Waals surface area contributed by atoms with Crippen molar-refractivity contribution in [2.24, 2.45) is 11.8 Å². The molecule has 0 aromatic heterocycles. The molecule has 0 heterocycles. The zero-order chi connectivity index (χ0) is 17.8. The second kappa shape index (κ2) is 8.64. The van der Waals surface area contributed by atoms with Crippen LogP contribution in [0, 0.1) is 23.5 Å². The van der Waals surface area contributed by atoms with Gasteiger partial charge < -0.3 is 0 Å². The summed E-state index contributed by atoms with van der Waals surface area (Å²) in [6, 6.07) is 3.81. The molecule has 0 atom stereocenters. The maximum Gasteiger partial charge on any atom is 0.162 e. The lowest BCUT2D eigenvalue weighted by atomic mass is 9.75. The van der Waals surface area contributed by atoms with Gasteiger partial charge in [-0.2, -0.15) is 0 Å². The van der Waals surface area contributed by atoms with Crippen LogP contribution >= 0.6 is 0 Å². The Kier molecular flexibility index (Phi) is 6.52. The van der Waals surface area contributed by atoms with Crippen LogP contribution < -0.4 is 0 Å². The summed E-state index contributed by atoms with van der Waals surface area (Å²) >= 11 is 0. The van der Waals surface area contributed by atoms with Gasteiger partial charge in [0.2, 0.25) is 0 Å². The molecule has 0 amide bonds. The van der Waals surface area contributed by atoms with E-state index in [2.05, 4.69) is 13.8 Å². The van der Waals surface area contributed by atoms with E-state index in [1.165, 1.54) is 32.1 Å². The van der Waals surface area contributed by atoms with Crippen LogP contribution in [0.25, 0.3) is 0 Å². The van der Waals surface area contributed by atoms with E-state index in [9.17, 15) is 8.78 Å². The molecule has 0 radical (unpaired) electrons. The minimum absolute atomic E-state index is 0.214. The Hall–Kier alpha value is -0.920. The number of hydrogen-bond acceptors (Lipinski definition) is 0. The molecule has 0 bridgehead atoms. The SMILES string of the molecule is CCCC1CCC(c2ccc(C3CCC(CC)CC3)c(F)c2F)CC1. The molecular weight excluding hydrogens is 314 g/mol. The van der Waals surface area contributed by atoms with Crippen molar-refractivity contribution in [1.29, 1.82) is 0 Å². The number of benzene rings is 1. The highest BCUT2D eigenvalue weighted by Crippen LogP contribution is 2.42. The molecule has 1 aromatic carbocycles. The van der Waals surface area contributed by atoms with Crippen molar-refractivity contribution in [3.63, 3.8) is 0 Å². The van der Waals surface area contributed by atoms with E-state index >= 15 is 0 Å². The molecule has 0 N–H and O–H groups in total. The normalized spacial score (nSPS) is 30.4. The van der Waals surface area contributed by atoms with Gasteiger partial charge >= 0.3 is 0 Å². The van der Waals surface area contributed by atoms with Crippen LogP contribution in [0.15, 0.2) is 12.1 Å². The third kappa shape index (κ3) is 4.26. The lowest BCUT2D eigenvalue weighted by Crippen LogP contribution is -2.17. The Morgan fingerprint density at radius 1 is 0.720 bits per heavy atom. The van der Waals surface area contributed by atoms with E-state index < -0.39 is 11.6 Å². The summed E-state index contributed by atoms with van der Waals surface area (Å²) in [7, 11) is 0. The quantitative estimate of drug-likeness (QED) is 0.511. The van der Waals surface area contributed by atoms with Crippen molar-refractivity contribution in [1.82, 2.24) is 0 Å². The standard InChI is InChI=1S/C23H34F2/c1-3-5-17-8-12-19(13-9-17)21-15-14-20(22(24)23(21)25)18-10-6-16(4-2)7-11-18/h14-19H,3-13H2,1-2H3. The van der Waals surface area contributed by atoms with Gasteiger partial charge in [0.15, 0.2) is 11.6 Å². The molecule has 2 heteroatoms. The van der Waals surface area contributed by atoms with Crippen molar-refractivity contribution in [3.05, 3.63) is 34.9 Å². The monoisotopic (exact) mass is 348 g/mol. The van der Waals surface area contributed by atoms with E-state index in [0.29, 0.717) is 11.1 Å². The Morgan fingerprint density at radius 3 is 1.56 bits per heavy atom. The minimum Gasteiger partial charge on any atom is -0.203 e. The molecule has 0 unspecified atom stereocenters. The summed E-state index contributed by atoms with van der Waals surface area (Å²) in [5.41, 5.74) is 1.27. The van der Waals surface area contributed by atoms with Crippen molar-refractivity contribution in [2.45, 2.75) is 96.3 Å². The third-order valence-electron chi connectivity index (χ3n) is 6.99. The Labute approximate surface area is 152 Å². The summed E-state index contributed by atoms with van der Waals surface area (Å²) in [4.78, 5) is 0. The van der Waals surface area contributed by atoms with E-state index in [1.807, 2.05) is 12.1 Å². The first-order chi connectivity index (χ1) is 12.1. The number of halogens is 2. The molecular formula is C23H34F2. The lowest BCUT2D eigenvalue weighted by molar-refractivity contribution is 0.300. The number of hydrogen-bond donors (Lipinski definition) is 0. The first-order valence-electron chi connectivity index (χ1n) is 10.6. The van der Waals surface area contributed by atoms with Crippen molar-refractivity contribution in [2.75, 3.05) is 0 Å². The zero-order valence-corrected chi connectivity index (χ0v) is 16.0. The van der Waals surface area contributed by atoms with Crippen LogP contribution in [0.2, 0.25) is 0 Å². The highest BCUT2D eigenvalue weighted by Gasteiger charge is 2.29. The number of rotatable bonds is 5. The largest absolute Gasteiger partial charge is 0.203 e. The van der Waals surface area contributed by atoms with Gasteiger partial charge in [-0.25, -0.2) is 8.78 Å². The molecule has 2 fully saturated rings. The van der Waals surface area contributed by atoms with Crippen molar-refractivity contribution >= 4 is 0 Å². The first kappa shape index (κ1) is 18.9. The van der Waals surface area contributed by atoms with Crippen LogP contribution in [0.5, 0.6) is 0 Å². The Balaban J connectivity index is 1.69. The van der Waals surface area contributed by atoms with Crippen LogP contribution in [0.4, 0.5) is 8.78 Å². The summed E-state index contributed by atoms with van der Waals surface area (Å²) in [5, 5.41) is 0. The van der Waals surface area contributed by atoms with Crippen LogP contribution in [0.1, 0.15) is 107 Å². The van der Waals surface area contributed by atoms with Crippen LogP contribution in [-0.2, 0) is 0 Å². The average molecular weight is 349 g/mol. The predicted molar refractivity (Wildman–Crippen MR) is 101 cm³/mol. The highest BCUT2D eigenvalue weighted by molar-refractivity contribution is 5.31. The highest BCUT2D eigenvalue weighted by atomic mass is 19.2. The van der Waals surface area contributed by atoms with Crippen molar-refractivity contribution in [3.8, 4) is 0 Å². The summed E-state index contributed by atoms with van der Waals surface area (Å²) < 4.78 is 29.6. The molecule has 1 aromatic rings. The van der Waals surface area contributed by atoms with E-state index in [4.69, 9.17) is 0 Å². The van der Waals surface area contributed by atoms with Gasteiger partial charge in [0.05, 0.1) is 0 Å². The smallest absolute Gasteiger partial charge is 0.162 e. The maximum atomic E-state index is 14.8. The molecule has 0 saturated heterocycles. The maximum absolute atomic E-state index is 14.8. The van der Waals surface area contributed by atoms with E-state index in [1.54, 1.807) is 0 Å². The molecule has 2 aliphatic rings. The molecule has 140 valence electrons. The first-order valence-corrected chi connectivity index (χ1v) is 10.6. The molecule has 2 aliphatic carbocycles. The van der Waals surface area contributed by atoms with E-state index in [-0.39, 0.29) is 11.8 Å². The van der Waals surface area contributed by atoms with Gasteiger partial charge in [-0.1, -0.05) is 45.2 Å². The molecule has 0 aliphatic heterocycles. The van der Waals surface area contributed by atoms with Crippen molar-refractivity contribution < 1.29 is 8.78 Å². The fourth-order valence-corrected chi connectivity index (χ4v) is 5.26. The van der Waals surface area contributed by atoms with Crippen LogP contribution in [0.3, 0.4) is 0 Å². The Morgan fingerprint density at radius 2 is 1.16 bits per heavy atom. The zero-order valence-electron chi connectivity index (χ0n) is 16.0. The molecule has 2 saturated carbocycles. The van der Waals surface area contributed by atoms with Gasteiger partial charge in [-0.3, -0.25) is 0 Å². The van der Waals surface area contributed by atoms with Gasteiger partial charge in [0, 0.05) is 0 Å². The Bertz CT molecular complexity index is 549. The van der Waals surface area contributed by atoms with Gasteiger partial charge in [-0.15, -0.1) is 0 Å². The average Bonchev–Trinajstić information content (AvgIpc) is 2.65. The second-order valence-electron chi connectivity index (χ2n) is 8.50. The fraction of sp³-hybridized carbons (Fsp3) is 0.739. The minimum atomic E-state index is -0.548. The van der Waals surface area contributed by atoms with Gasteiger partial charge in [-0.05, 0) is 86.2 Å². The van der Waals surface area contributed by atoms with Gasteiger partial charge in [0.25, 0.3) is 0 Å². The topological polar surface area (TPSA) is 0 Å². The third-order valence-corrected chi connectivity index (χ3v) is 6.99. The van der Waals surface area contributed by atoms with E-state index in [0.717, 1.165) is 50.4 Å². The molecule has 25 heavy (non-hydrogen) atoms. The summed E-state index contributed by atoms with van der Waals surface area (Å²) in [6.45, 7) is 4.46.